The molecule has 2 aromatic carbocycles. The van der Waals surface area contributed by atoms with Crippen LogP contribution < -0.4 is 4.74 Å². The third kappa shape index (κ3) is 3.51. The van der Waals surface area contributed by atoms with E-state index in [-0.39, 0.29) is 0 Å². The SMILES string of the molecule is COc1ccc(Cn2cnc(Cc3ccccc3)c2)cc1. The summed E-state index contributed by atoms with van der Waals surface area (Å²) < 4.78 is 7.28. The molecule has 3 nitrogen and oxygen atoms in total. The first-order valence-electron chi connectivity index (χ1n) is 7.01. The highest BCUT2D eigenvalue weighted by molar-refractivity contribution is 5.27. The lowest BCUT2D eigenvalue weighted by Gasteiger charge is -2.04. The fraction of sp³-hybridized carbons (Fsp3) is 0.167. The van der Waals surface area contributed by atoms with Gasteiger partial charge >= 0.3 is 0 Å². The van der Waals surface area contributed by atoms with Crippen LogP contribution in [-0.2, 0) is 13.0 Å². The first kappa shape index (κ1) is 13.4. The number of hydrogen-bond acceptors (Lipinski definition) is 2. The second-order valence-corrected chi connectivity index (χ2v) is 5.05. The van der Waals surface area contributed by atoms with Gasteiger partial charge in [0.2, 0.25) is 0 Å². The average Bonchev–Trinajstić information content (AvgIpc) is 2.96. The molecule has 106 valence electrons. The summed E-state index contributed by atoms with van der Waals surface area (Å²) in [7, 11) is 1.68. The maximum Gasteiger partial charge on any atom is 0.118 e. The molecule has 3 aromatic rings. The van der Waals surface area contributed by atoms with Gasteiger partial charge in [-0.2, -0.15) is 0 Å². The van der Waals surface area contributed by atoms with E-state index in [9.17, 15) is 0 Å². The normalized spacial score (nSPS) is 10.5. The van der Waals surface area contributed by atoms with E-state index in [0.717, 1.165) is 24.4 Å². The largest absolute Gasteiger partial charge is 0.497 e. The molecular formula is C18H18N2O. The Morgan fingerprint density at radius 2 is 1.71 bits per heavy atom. The molecule has 0 fully saturated rings. The van der Waals surface area contributed by atoms with Crippen LogP contribution in [0.5, 0.6) is 5.75 Å². The van der Waals surface area contributed by atoms with Crippen LogP contribution in [0.2, 0.25) is 0 Å². The van der Waals surface area contributed by atoms with Gasteiger partial charge in [0.05, 0.1) is 19.1 Å². The van der Waals surface area contributed by atoms with Gasteiger partial charge in [-0.1, -0.05) is 42.5 Å². The zero-order valence-electron chi connectivity index (χ0n) is 12.1. The molecule has 0 spiro atoms. The Labute approximate surface area is 124 Å². The molecule has 0 saturated carbocycles. The zero-order valence-corrected chi connectivity index (χ0v) is 12.1. The van der Waals surface area contributed by atoms with Crippen molar-refractivity contribution in [1.82, 2.24) is 9.55 Å². The van der Waals surface area contributed by atoms with Gasteiger partial charge in [0, 0.05) is 19.2 Å². The Balaban J connectivity index is 1.67. The number of aromatic nitrogens is 2. The molecule has 0 saturated heterocycles. The fourth-order valence-electron chi connectivity index (χ4n) is 2.33. The van der Waals surface area contributed by atoms with Crippen molar-refractivity contribution < 1.29 is 4.74 Å². The van der Waals surface area contributed by atoms with Crippen LogP contribution in [0.3, 0.4) is 0 Å². The van der Waals surface area contributed by atoms with Gasteiger partial charge in [-0.3, -0.25) is 0 Å². The van der Waals surface area contributed by atoms with Gasteiger partial charge in [0.1, 0.15) is 5.75 Å². The lowest BCUT2D eigenvalue weighted by atomic mass is 10.1. The van der Waals surface area contributed by atoms with Crippen molar-refractivity contribution >= 4 is 0 Å². The summed E-state index contributed by atoms with van der Waals surface area (Å²) >= 11 is 0. The summed E-state index contributed by atoms with van der Waals surface area (Å²) in [5.74, 6) is 0.883. The first-order valence-corrected chi connectivity index (χ1v) is 7.01. The molecule has 0 aliphatic carbocycles. The van der Waals surface area contributed by atoms with Gasteiger partial charge in [-0.05, 0) is 23.3 Å². The first-order chi connectivity index (χ1) is 10.3. The lowest BCUT2D eigenvalue weighted by Crippen LogP contribution is -1.96. The van der Waals surface area contributed by atoms with E-state index in [4.69, 9.17) is 4.74 Å². The molecule has 0 unspecified atom stereocenters. The van der Waals surface area contributed by atoms with E-state index in [1.807, 2.05) is 24.5 Å². The molecule has 0 N–H and O–H groups in total. The van der Waals surface area contributed by atoms with Gasteiger partial charge in [-0.25, -0.2) is 4.98 Å². The Morgan fingerprint density at radius 3 is 2.43 bits per heavy atom. The molecule has 21 heavy (non-hydrogen) atoms. The number of imidazole rings is 1. The van der Waals surface area contributed by atoms with E-state index in [1.54, 1.807) is 7.11 Å². The number of rotatable bonds is 5. The predicted octanol–water partition coefficient (Wildman–Crippen LogP) is 3.53. The maximum absolute atomic E-state index is 5.17. The van der Waals surface area contributed by atoms with Crippen LogP contribution in [0.25, 0.3) is 0 Å². The number of ether oxygens (including phenoxy) is 1. The second kappa shape index (κ2) is 6.27. The monoisotopic (exact) mass is 278 g/mol. The third-order valence-corrected chi connectivity index (χ3v) is 3.44. The lowest BCUT2D eigenvalue weighted by molar-refractivity contribution is 0.414. The quantitative estimate of drug-likeness (QED) is 0.714. The highest BCUT2D eigenvalue weighted by Crippen LogP contribution is 2.13. The maximum atomic E-state index is 5.17. The number of hydrogen-bond donors (Lipinski definition) is 0. The van der Waals surface area contributed by atoms with Crippen molar-refractivity contribution in [3.63, 3.8) is 0 Å². The third-order valence-electron chi connectivity index (χ3n) is 3.44. The molecule has 0 radical (unpaired) electrons. The minimum absolute atomic E-state index is 0.825. The van der Waals surface area contributed by atoms with Crippen LogP contribution in [0.1, 0.15) is 16.8 Å². The van der Waals surface area contributed by atoms with Crippen LogP contribution in [0.15, 0.2) is 67.1 Å². The van der Waals surface area contributed by atoms with E-state index >= 15 is 0 Å². The predicted molar refractivity (Wildman–Crippen MR) is 83.6 cm³/mol. The second-order valence-electron chi connectivity index (χ2n) is 5.05. The smallest absolute Gasteiger partial charge is 0.118 e. The molecule has 3 rings (SSSR count). The molecule has 3 heteroatoms. The van der Waals surface area contributed by atoms with Crippen LogP contribution in [-0.4, -0.2) is 16.7 Å². The van der Waals surface area contributed by atoms with Crippen molar-refractivity contribution in [2.45, 2.75) is 13.0 Å². The Kier molecular flexibility index (Phi) is 4.01. The number of nitrogens with zero attached hydrogens (tertiary/aromatic N) is 2. The zero-order chi connectivity index (χ0) is 14.5. The minimum Gasteiger partial charge on any atom is -0.497 e. The van der Waals surface area contributed by atoms with Crippen molar-refractivity contribution in [2.24, 2.45) is 0 Å². The van der Waals surface area contributed by atoms with E-state index < -0.39 is 0 Å². The molecular weight excluding hydrogens is 260 g/mol. The highest BCUT2D eigenvalue weighted by Gasteiger charge is 2.02. The summed E-state index contributed by atoms with van der Waals surface area (Å²) in [6.45, 7) is 0.825. The molecule has 0 atom stereocenters. The van der Waals surface area contributed by atoms with Crippen LogP contribution >= 0.6 is 0 Å². The van der Waals surface area contributed by atoms with Gasteiger partial charge in [0.15, 0.2) is 0 Å². The topological polar surface area (TPSA) is 27.1 Å². The van der Waals surface area contributed by atoms with Gasteiger partial charge in [0.25, 0.3) is 0 Å². The van der Waals surface area contributed by atoms with Crippen molar-refractivity contribution in [3.8, 4) is 5.75 Å². The van der Waals surface area contributed by atoms with E-state index in [2.05, 4.69) is 52.1 Å². The molecule has 0 amide bonds. The summed E-state index contributed by atoms with van der Waals surface area (Å²) in [4.78, 5) is 4.48. The Morgan fingerprint density at radius 1 is 0.952 bits per heavy atom. The number of methoxy groups -OCH3 is 1. The van der Waals surface area contributed by atoms with Crippen LogP contribution in [0.4, 0.5) is 0 Å². The molecule has 1 heterocycles. The molecule has 0 aliphatic heterocycles. The Bertz CT molecular complexity index is 687. The molecule has 1 aromatic heterocycles. The minimum atomic E-state index is 0.825. The summed E-state index contributed by atoms with van der Waals surface area (Å²) in [5.41, 5.74) is 3.61. The van der Waals surface area contributed by atoms with Gasteiger partial charge < -0.3 is 9.30 Å². The summed E-state index contributed by atoms with van der Waals surface area (Å²) in [6, 6.07) is 18.5. The van der Waals surface area contributed by atoms with Crippen molar-refractivity contribution in [1.29, 1.82) is 0 Å². The average molecular weight is 278 g/mol. The van der Waals surface area contributed by atoms with E-state index in [0.29, 0.717) is 0 Å². The summed E-state index contributed by atoms with van der Waals surface area (Å²) in [5, 5.41) is 0. The number of benzene rings is 2. The fourth-order valence-corrected chi connectivity index (χ4v) is 2.33. The summed E-state index contributed by atoms with van der Waals surface area (Å²) in [6.07, 6.45) is 4.87. The molecule has 0 bridgehead atoms. The standard InChI is InChI=1S/C18H18N2O/c1-21-18-9-7-16(8-10-18)12-20-13-17(19-14-20)11-15-5-3-2-4-6-15/h2-10,13-14H,11-12H2,1H3. The van der Waals surface area contributed by atoms with Gasteiger partial charge in [-0.15, -0.1) is 0 Å². The highest BCUT2D eigenvalue weighted by atomic mass is 16.5. The Hall–Kier alpha value is -2.55. The van der Waals surface area contributed by atoms with Crippen molar-refractivity contribution in [2.75, 3.05) is 7.11 Å². The van der Waals surface area contributed by atoms with Crippen LogP contribution in [0, 0.1) is 0 Å². The molecule has 0 aliphatic rings. The van der Waals surface area contributed by atoms with E-state index in [1.165, 1.54) is 11.1 Å². The van der Waals surface area contributed by atoms with Crippen molar-refractivity contribution in [3.05, 3.63) is 83.9 Å².